The highest BCUT2D eigenvalue weighted by Crippen LogP contribution is 2.23. The van der Waals surface area contributed by atoms with Crippen LogP contribution >= 0.6 is 0 Å². The summed E-state index contributed by atoms with van der Waals surface area (Å²) < 4.78 is 15.9. The molecule has 86 valence electrons. The first-order chi connectivity index (χ1) is 8.08. The van der Waals surface area contributed by atoms with Gasteiger partial charge in [-0.25, -0.2) is 9.37 Å². The second-order valence-corrected chi connectivity index (χ2v) is 4.07. The molecule has 0 radical (unpaired) electrons. The van der Waals surface area contributed by atoms with Crippen molar-refractivity contribution >= 4 is 21.9 Å². The zero-order valence-electron chi connectivity index (χ0n) is 9.44. The molecule has 0 N–H and O–H groups in total. The van der Waals surface area contributed by atoms with Gasteiger partial charge in [-0.05, 0) is 19.1 Å². The number of aryl methyl sites for hydroxylation is 2. The number of nitrogens with zero attached hydrogens (tertiary/aromatic N) is 3. The van der Waals surface area contributed by atoms with E-state index >= 15 is 0 Å². The number of imidazole rings is 1. The molecular formula is C12H10FN3O. The predicted molar refractivity (Wildman–Crippen MR) is 61.9 cm³/mol. The highest BCUT2D eigenvalue weighted by Gasteiger charge is 2.15. The smallest absolute Gasteiger partial charge is 0.226 e. The van der Waals surface area contributed by atoms with Crippen molar-refractivity contribution in [2.45, 2.75) is 6.92 Å². The summed E-state index contributed by atoms with van der Waals surface area (Å²) in [5, 5.41) is 12.4. The second-order valence-electron chi connectivity index (χ2n) is 4.07. The lowest BCUT2D eigenvalue weighted by Gasteiger charge is -2.04. The molecule has 1 aromatic carbocycles. The lowest BCUT2D eigenvalue weighted by molar-refractivity contribution is -0.575. The molecule has 0 amide bonds. The molecule has 0 aliphatic carbocycles. The Bertz CT molecular complexity index is 748. The third kappa shape index (κ3) is 1.28. The number of halogens is 1. The number of rotatable bonds is 0. The molecule has 0 fully saturated rings. The van der Waals surface area contributed by atoms with E-state index in [0.717, 1.165) is 16.1 Å². The van der Waals surface area contributed by atoms with Crippen LogP contribution in [0.4, 0.5) is 4.39 Å². The highest BCUT2D eigenvalue weighted by atomic mass is 19.1. The van der Waals surface area contributed by atoms with Crippen LogP contribution in [0.5, 0.6) is 0 Å². The largest absolute Gasteiger partial charge is 0.618 e. The number of pyridine rings is 1. The minimum atomic E-state index is -0.358. The first-order valence-corrected chi connectivity index (χ1v) is 5.22. The van der Waals surface area contributed by atoms with Crippen LogP contribution < -0.4 is 4.73 Å². The normalized spacial score (nSPS) is 11.5. The Morgan fingerprint density at radius 2 is 2.18 bits per heavy atom. The molecule has 0 saturated heterocycles. The fourth-order valence-electron chi connectivity index (χ4n) is 2.12. The van der Waals surface area contributed by atoms with Crippen LogP contribution in [0.3, 0.4) is 0 Å². The van der Waals surface area contributed by atoms with Crippen molar-refractivity contribution in [1.82, 2.24) is 9.55 Å². The molecule has 2 heterocycles. The van der Waals surface area contributed by atoms with Crippen LogP contribution in [-0.2, 0) is 7.05 Å². The Labute approximate surface area is 96.5 Å². The van der Waals surface area contributed by atoms with Crippen LogP contribution in [0.2, 0.25) is 0 Å². The molecule has 2 aromatic heterocycles. The average molecular weight is 231 g/mol. The Balaban J connectivity index is 2.64. The van der Waals surface area contributed by atoms with Crippen molar-refractivity contribution in [2.75, 3.05) is 0 Å². The molecule has 3 rings (SSSR count). The van der Waals surface area contributed by atoms with Gasteiger partial charge in [0.2, 0.25) is 11.7 Å². The van der Waals surface area contributed by atoms with Crippen LogP contribution in [0.1, 0.15) is 5.82 Å². The molecule has 0 saturated carbocycles. The molecule has 17 heavy (non-hydrogen) atoms. The van der Waals surface area contributed by atoms with Crippen LogP contribution in [0.25, 0.3) is 21.9 Å². The number of fused-ring (bicyclic) bond motifs is 3. The second kappa shape index (κ2) is 3.16. The summed E-state index contributed by atoms with van der Waals surface area (Å²) in [5.74, 6) is 0.431. The van der Waals surface area contributed by atoms with Crippen LogP contribution in [0.15, 0.2) is 24.4 Å². The third-order valence-electron chi connectivity index (χ3n) is 3.04. The number of hydrogen-bond donors (Lipinski definition) is 0. The fraction of sp³-hybridized carbons (Fsp3) is 0.167. The summed E-state index contributed by atoms with van der Waals surface area (Å²) in [4.78, 5) is 4.27. The zero-order chi connectivity index (χ0) is 12.2. The van der Waals surface area contributed by atoms with Crippen molar-refractivity contribution in [1.29, 1.82) is 0 Å². The molecule has 3 aromatic rings. The Hall–Kier alpha value is -2.17. The topological polar surface area (TPSA) is 44.8 Å². The molecule has 0 unspecified atom stereocenters. The van der Waals surface area contributed by atoms with Gasteiger partial charge in [0.15, 0.2) is 5.52 Å². The van der Waals surface area contributed by atoms with Crippen molar-refractivity contribution in [3.8, 4) is 0 Å². The van der Waals surface area contributed by atoms with Crippen molar-refractivity contribution < 1.29 is 9.12 Å². The van der Waals surface area contributed by atoms with Gasteiger partial charge in [0, 0.05) is 13.1 Å². The third-order valence-corrected chi connectivity index (χ3v) is 3.04. The van der Waals surface area contributed by atoms with Gasteiger partial charge < -0.3 is 9.77 Å². The minimum absolute atomic E-state index is 0.358. The molecule has 0 aliphatic heterocycles. The summed E-state index contributed by atoms with van der Waals surface area (Å²) in [6, 6.07) is 4.14. The van der Waals surface area contributed by atoms with Crippen molar-refractivity contribution in [3.63, 3.8) is 0 Å². The number of aromatic nitrogens is 3. The zero-order valence-corrected chi connectivity index (χ0v) is 9.44. The van der Waals surface area contributed by atoms with E-state index in [-0.39, 0.29) is 5.82 Å². The summed E-state index contributed by atoms with van der Waals surface area (Å²) in [5.41, 5.74) is 1.81. The van der Waals surface area contributed by atoms with Gasteiger partial charge in [-0.15, -0.1) is 0 Å². The Morgan fingerprint density at radius 1 is 1.41 bits per heavy atom. The molecule has 0 aliphatic rings. The average Bonchev–Trinajstić information content (AvgIpc) is 2.54. The van der Waals surface area contributed by atoms with Gasteiger partial charge in [-0.2, -0.15) is 4.73 Å². The first kappa shape index (κ1) is 10.0. The van der Waals surface area contributed by atoms with E-state index in [1.54, 1.807) is 0 Å². The van der Waals surface area contributed by atoms with Gasteiger partial charge in [0.25, 0.3) is 0 Å². The molecule has 0 bridgehead atoms. The van der Waals surface area contributed by atoms with E-state index in [1.807, 2.05) is 18.5 Å². The summed E-state index contributed by atoms with van der Waals surface area (Å²) >= 11 is 0. The van der Waals surface area contributed by atoms with Gasteiger partial charge in [-0.1, -0.05) is 0 Å². The van der Waals surface area contributed by atoms with E-state index in [0.29, 0.717) is 16.4 Å². The molecule has 0 spiro atoms. The summed E-state index contributed by atoms with van der Waals surface area (Å²) in [7, 11) is 1.85. The van der Waals surface area contributed by atoms with Gasteiger partial charge >= 0.3 is 0 Å². The summed E-state index contributed by atoms with van der Waals surface area (Å²) in [6.45, 7) is 1.85. The molecule has 4 nitrogen and oxygen atoms in total. The standard InChI is InChI=1S/C12H10FN3O/c1-7-14-10-6-16(17)11-4-3-8(13)5-9(11)12(10)15(7)2/h3-6H,1-2H3. The van der Waals surface area contributed by atoms with E-state index in [4.69, 9.17) is 0 Å². The molecular weight excluding hydrogens is 221 g/mol. The van der Waals surface area contributed by atoms with E-state index in [9.17, 15) is 9.60 Å². The molecule has 0 atom stereocenters. The monoisotopic (exact) mass is 231 g/mol. The predicted octanol–water partition coefficient (Wildman–Crippen LogP) is 1.81. The maximum atomic E-state index is 13.3. The SMILES string of the molecule is Cc1nc2c[n+]([O-])c3ccc(F)cc3c2n1C. The lowest BCUT2D eigenvalue weighted by atomic mass is 10.2. The Kier molecular flexibility index (Phi) is 1.86. The first-order valence-electron chi connectivity index (χ1n) is 5.22. The van der Waals surface area contributed by atoms with E-state index in [2.05, 4.69) is 4.98 Å². The maximum absolute atomic E-state index is 13.3. The highest BCUT2D eigenvalue weighted by molar-refractivity contribution is 6.00. The van der Waals surface area contributed by atoms with Crippen molar-refractivity contribution in [3.05, 3.63) is 41.2 Å². The number of benzene rings is 1. The fourth-order valence-corrected chi connectivity index (χ4v) is 2.12. The van der Waals surface area contributed by atoms with E-state index < -0.39 is 0 Å². The maximum Gasteiger partial charge on any atom is 0.226 e. The molecule has 5 heteroatoms. The van der Waals surface area contributed by atoms with Gasteiger partial charge in [-0.3, -0.25) is 0 Å². The number of hydrogen-bond acceptors (Lipinski definition) is 2. The van der Waals surface area contributed by atoms with E-state index in [1.165, 1.54) is 24.4 Å². The Morgan fingerprint density at radius 3 is 2.94 bits per heavy atom. The summed E-state index contributed by atoms with van der Waals surface area (Å²) in [6.07, 6.45) is 1.42. The van der Waals surface area contributed by atoms with Crippen LogP contribution in [0, 0.1) is 17.9 Å². The lowest BCUT2D eigenvalue weighted by Crippen LogP contribution is -2.26. The van der Waals surface area contributed by atoms with Gasteiger partial charge in [0.1, 0.15) is 11.6 Å². The minimum Gasteiger partial charge on any atom is -0.618 e. The quantitative estimate of drug-likeness (QED) is 0.437. The van der Waals surface area contributed by atoms with Crippen molar-refractivity contribution in [2.24, 2.45) is 7.05 Å². The van der Waals surface area contributed by atoms with Gasteiger partial charge in [0.05, 0.1) is 10.9 Å². The van der Waals surface area contributed by atoms with Crippen LogP contribution in [-0.4, -0.2) is 9.55 Å².